The van der Waals surface area contributed by atoms with E-state index in [-0.39, 0.29) is 0 Å². The van der Waals surface area contributed by atoms with Crippen LogP contribution in [-0.4, -0.2) is 28.3 Å². The van der Waals surface area contributed by atoms with Crippen molar-refractivity contribution >= 4 is 34.4 Å². The Labute approximate surface area is 166 Å². The van der Waals surface area contributed by atoms with Crippen molar-refractivity contribution in [1.82, 2.24) is 14.5 Å². The highest BCUT2D eigenvalue weighted by molar-refractivity contribution is 7.98. The van der Waals surface area contributed by atoms with E-state index in [1.54, 1.807) is 25.1 Å². The van der Waals surface area contributed by atoms with Gasteiger partial charge < -0.3 is 13.7 Å². The summed E-state index contributed by atoms with van der Waals surface area (Å²) in [5.74, 6) is 2.00. The molecule has 0 N–H and O–H groups in total. The van der Waals surface area contributed by atoms with E-state index >= 15 is 0 Å². The van der Waals surface area contributed by atoms with Crippen LogP contribution in [-0.2, 0) is 17.0 Å². The molecule has 0 atom stereocenters. The van der Waals surface area contributed by atoms with Crippen molar-refractivity contribution in [3.8, 4) is 11.3 Å². The van der Waals surface area contributed by atoms with Gasteiger partial charge >= 0.3 is 0 Å². The Kier molecular flexibility index (Phi) is 5.48. The number of hydrogen-bond acceptors (Lipinski definition) is 5. The standard InChI is InChI=1S/C20H18ClN3O2S/c1-25-11-10-24-17-5-3-2-4-16(17)23-20(24)27-13-19-22-12-18(26-19)14-6-8-15(21)9-7-14/h2-9,12H,10-11,13H2,1H3. The summed E-state index contributed by atoms with van der Waals surface area (Å²) in [5, 5.41) is 1.63. The molecule has 0 saturated carbocycles. The van der Waals surface area contributed by atoms with Crippen molar-refractivity contribution in [2.45, 2.75) is 17.5 Å². The summed E-state index contributed by atoms with van der Waals surface area (Å²) >= 11 is 7.54. The summed E-state index contributed by atoms with van der Waals surface area (Å²) in [7, 11) is 1.71. The zero-order valence-corrected chi connectivity index (χ0v) is 16.3. The van der Waals surface area contributed by atoms with Crippen LogP contribution in [0.2, 0.25) is 5.02 Å². The highest BCUT2D eigenvalue weighted by atomic mass is 35.5. The van der Waals surface area contributed by atoms with Crippen molar-refractivity contribution in [1.29, 1.82) is 0 Å². The predicted molar refractivity (Wildman–Crippen MR) is 108 cm³/mol. The van der Waals surface area contributed by atoms with E-state index in [1.807, 2.05) is 42.5 Å². The normalized spacial score (nSPS) is 11.3. The van der Waals surface area contributed by atoms with Gasteiger partial charge in [-0.3, -0.25) is 0 Å². The van der Waals surface area contributed by atoms with E-state index in [0.29, 0.717) is 23.3 Å². The first-order chi connectivity index (χ1) is 13.2. The lowest BCUT2D eigenvalue weighted by Crippen LogP contribution is -2.05. The molecule has 0 bridgehead atoms. The van der Waals surface area contributed by atoms with Gasteiger partial charge in [0, 0.05) is 24.2 Å². The molecule has 0 saturated heterocycles. The molecule has 2 aromatic heterocycles. The Morgan fingerprint density at radius 3 is 2.78 bits per heavy atom. The van der Waals surface area contributed by atoms with E-state index in [9.17, 15) is 0 Å². The molecule has 4 aromatic rings. The first-order valence-corrected chi connectivity index (χ1v) is 9.88. The zero-order chi connectivity index (χ0) is 18.6. The fraction of sp³-hybridized carbons (Fsp3) is 0.200. The number of methoxy groups -OCH3 is 1. The molecule has 0 fully saturated rings. The highest BCUT2D eigenvalue weighted by Crippen LogP contribution is 2.28. The van der Waals surface area contributed by atoms with Crippen LogP contribution in [0.1, 0.15) is 5.89 Å². The number of nitrogens with zero attached hydrogens (tertiary/aromatic N) is 3. The van der Waals surface area contributed by atoms with Crippen LogP contribution < -0.4 is 0 Å². The van der Waals surface area contributed by atoms with Gasteiger partial charge in [0.2, 0.25) is 5.89 Å². The Balaban J connectivity index is 1.52. The molecule has 5 nitrogen and oxygen atoms in total. The van der Waals surface area contributed by atoms with E-state index in [1.165, 1.54) is 0 Å². The molecule has 0 radical (unpaired) electrons. The van der Waals surface area contributed by atoms with Crippen LogP contribution in [0.25, 0.3) is 22.4 Å². The largest absolute Gasteiger partial charge is 0.440 e. The van der Waals surface area contributed by atoms with Gasteiger partial charge in [0.05, 0.1) is 29.6 Å². The van der Waals surface area contributed by atoms with Crippen molar-refractivity contribution < 1.29 is 9.15 Å². The zero-order valence-electron chi connectivity index (χ0n) is 14.8. The molecular weight excluding hydrogens is 382 g/mol. The number of fused-ring (bicyclic) bond motifs is 1. The van der Waals surface area contributed by atoms with E-state index in [4.69, 9.17) is 25.7 Å². The van der Waals surface area contributed by atoms with Gasteiger partial charge in [-0.05, 0) is 36.4 Å². The molecule has 138 valence electrons. The Morgan fingerprint density at radius 1 is 1.15 bits per heavy atom. The average molecular weight is 400 g/mol. The van der Waals surface area contributed by atoms with Crippen LogP contribution in [0.5, 0.6) is 0 Å². The summed E-state index contributed by atoms with van der Waals surface area (Å²) in [6.07, 6.45) is 1.74. The number of halogens is 1. The minimum atomic E-state index is 0.601. The van der Waals surface area contributed by atoms with Gasteiger partial charge in [0.1, 0.15) is 0 Å². The van der Waals surface area contributed by atoms with Crippen LogP contribution in [0.4, 0.5) is 0 Å². The first kappa shape index (κ1) is 18.1. The van der Waals surface area contributed by atoms with E-state index in [2.05, 4.69) is 15.6 Å². The lowest BCUT2D eigenvalue weighted by Gasteiger charge is -2.07. The summed E-state index contributed by atoms with van der Waals surface area (Å²) < 4.78 is 13.3. The predicted octanol–water partition coefficient (Wildman–Crippen LogP) is 5.28. The molecule has 4 rings (SSSR count). The third-order valence-corrected chi connectivity index (χ3v) is 5.36. The number of thioether (sulfide) groups is 1. The van der Waals surface area contributed by atoms with Gasteiger partial charge in [-0.15, -0.1) is 0 Å². The minimum absolute atomic E-state index is 0.601. The molecule has 0 aliphatic heterocycles. The molecule has 0 unspecified atom stereocenters. The number of aromatic nitrogens is 3. The van der Waals surface area contributed by atoms with E-state index in [0.717, 1.165) is 34.1 Å². The quantitative estimate of drug-likeness (QED) is 0.395. The summed E-state index contributed by atoms with van der Waals surface area (Å²) in [6.45, 7) is 1.38. The SMILES string of the molecule is COCCn1c(SCc2ncc(-c3ccc(Cl)cc3)o2)nc2ccccc21. The molecule has 0 aliphatic carbocycles. The second-order valence-electron chi connectivity index (χ2n) is 5.94. The third kappa shape index (κ3) is 4.03. The molecule has 0 spiro atoms. The van der Waals surface area contributed by atoms with Crippen molar-refractivity contribution in [3.05, 3.63) is 65.6 Å². The fourth-order valence-electron chi connectivity index (χ4n) is 2.81. The lowest BCUT2D eigenvalue weighted by molar-refractivity contribution is 0.186. The van der Waals surface area contributed by atoms with Crippen molar-refractivity contribution in [3.63, 3.8) is 0 Å². The number of rotatable bonds is 7. The fourth-order valence-corrected chi connectivity index (χ4v) is 3.83. The number of para-hydroxylation sites is 2. The topological polar surface area (TPSA) is 53.1 Å². The van der Waals surface area contributed by atoms with Crippen LogP contribution >= 0.6 is 23.4 Å². The monoisotopic (exact) mass is 399 g/mol. The highest BCUT2D eigenvalue weighted by Gasteiger charge is 2.13. The number of imidazole rings is 1. The Morgan fingerprint density at radius 2 is 1.96 bits per heavy atom. The van der Waals surface area contributed by atoms with Crippen LogP contribution in [0, 0.1) is 0 Å². The minimum Gasteiger partial charge on any atom is -0.440 e. The third-order valence-electron chi connectivity index (χ3n) is 4.15. The summed E-state index contributed by atoms with van der Waals surface area (Å²) in [4.78, 5) is 9.14. The number of hydrogen-bond donors (Lipinski definition) is 0. The second-order valence-corrected chi connectivity index (χ2v) is 7.32. The molecular formula is C20H18ClN3O2S. The summed E-state index contributed by atoms with van der Waals surface area (Å²) in [5.41, 5.74) is 3.03. The molecule has 0 aliphatic rings. The number of benzene rings is 2. The number of oxazole rings is 1. The maximum Gasteiger partial charge on any atom is 0.205 e. The molecule has 2 heterocycles. The molecule has 0 amide bonds. The van der Waals surface area contributed by atoms with Gasteiger partial charge in [0.25, 0.3) is 0 Å². The van der Waals surface area contributed by atoms with Gasteiger partial charge in [-0.2, -0.15) is 0 Å². The van der Waals surface area contributed by atoms with Gasteiger partial charge in [0.15, 0.2) is 10.9 Å². The van der Waals surface area contributed by atoms with E-state index < -0.39 is 0 Å². The first-order valence-electron chi connectivity index (χ1n) is 8.52. The lowest BCUT2D eigenvalue weighted by atomic mass is 10.2. The Bertz CT molecular complexity index is 1040. The van der Waals surface area contributed by atoms with Crippen LogP contribution in [0.3, 0.4) is 0 Å². The van der Waals surface area contributed by atoms with Crippen molar-refractivity contribution in [2.75, 3.05) is 13.7 Å². The second kappa shape index (κ2) is 8.17. The average Bonchev–Trinajstić information content (AvgIpc) is 3.30. The maximum atomic E-state index is 5.94. The van der Waals surface area contributed by atoms with Crippen molar-refractivity contribution in [2.24, 2.45) is 0 Å². The van der Waals surface area contributed by atoms with Gasteiger partial charge in [-0.1, -0.05) is 35.5 Å². The maximum absolute atomic E-state index is 5.94. The van der Waals surface area contributed by atoms with Gasteiger partial charge in [-0.25, -0.2) is 9.97 Å². The summed E-state index contributed by atoms with van der Waals surface area (Å²) in [6, 6.07) is 15.6. The molecule has 27 heavy (non-hydrogen) atoms. The molecule has 7 heteroatoms. The van der Waals surface area contributed by atoms with Crippen LogP contribution in [0.15, 0.2) is 64.3 Å². The Hall–Kier alpha value is -2.28. The molecule has 2 aromatic carbocycles. The smallest absolute Gasteiger partial charge is 0.205 e. The number of ether oxygens (including phenoxy) is 1.